The quantitative estimate of drug-likeness (QED) is 0.705. The number of nitrogens with zero attached hydrogens (tertiary/aromatic N) is 4. The van der Waals surface area contributed by atoms with Gasteiger partial charge in [-0.2, -0.15) is 13.2 Å². The molecule has 1 fully saturated rings. The van der Waals surface area contributed by atoms with Crippen LogP contribution in [0.3, 0.4) is 0 Å². The van der Waals surface area contributed by atoms with Crippen molar-refractivity contribution in [1.29, 1.82) is 0 Å². The molecule has 4 rings (SSSR count). The van der Waals surface area contributed by atoms with Crippen molar-refractivity contribution in [1.82, 2.24) is 19.8 Å². The van der Waals surface area contributed by atoms with Gasteiger partial charge in [-0.3, -0.25) is 14.7 Å². The molecule has 0 saturated carbocycles. The molecule has 1 amide bonds. The highest BCUT2D eigenvalue weighted by molar-refractivity contribution is 5.89. The van der Waals surface area contributed by atoms with Crippen molar-refractivity contribution >= 4 is 11.9 Å². The number of fused-ring (bicyclic) bond motifs is 1. The van der Waals surface area contributed by atoms with Gasteiger partial charge in [0.2, 0.25) is 0 Å². The van der Waals surface area contributed by atoms with Crippen molar-refractivity contribution in [2.75, 3.05) is 26.7 Å². The minimum Gasteiger partial charge on any atom is -0.495 e. The summed E-state index contributed by atoms with van der Waals surface area (Å²) in [6, 6.07) is 3.90. The van der Waals surface area contributed by atoms with Crippen molar-refractivity contribution in [3.8, 4) is 5.75 Å². The Morgan fingerprint density at radius 2 is 2.03 bits per heavy atom. The van der Waals surface area contributed by atoms with Crippen LogP contribution in [0.5, 0.6) is 5.75 Å². The predicted molar refractivity (Wildman–Crippen MR) is 113 cm³/mol. The number of piperidine rings is 1. The maximum atomic E-state index is 12.7. The number of carbonyl (C=O) groups is 2. The van der Waals surface area contributed by atoms with Crippen LogP contribution in [0, 0.1) is 5.92 Å². The first kappa shape index (κ1) is 25.5. The number of carboxylic acids is 1. The second-order valence-corrected chi connectivity index (χ2v) is 8.34. The monoisotopic (exact) mass is 484 g/mol. The van der Waals surface area contributed by atoms with E-state index >= 15 is 0 Å². The third kappa shape index (κ3) is 6.69. The first-order valence-corrected chi connectivity index (χ1v) is 10.9. The molecule has 34 heavy (non-hydrogen) atoms. The molecule has 0 bridgehead atoms. The zero-order valence-corrected chi connectivity index (χ0v) is 19.0. The number of aromatic nitrogens is 2. The SMILES string of the molecule is COc1ccc(CN2CCc3oc(C(=O)N4CCCC(C)C4)nc3C2)nc1.O=C(O)C(F)(F)F. The van der Waals surface area contributed by atoms with E-state index in [1.807, 2.05) is 17.0 Å². The van der Waals surface area contributed by atoms with Gasteiger partial charge >= 0.3 is 18.1 Å². The molecule has 1 saturated heterocycles. The number of pyridine rings is 1. The lowest BCUT2D eigenvalue weighted by atomic mass is 10.0. The summed E-state index contributed by atoms with van der Waals surface area (Å²) in [6.07, 6.45) is -0.352. The third-order valence-electron chi connectivity index (χ3n) is 5.60. The molecule has 0 aromatic carbocycles. The summed E-state index contributed by atoms with van der Waals surface area (Å²) in [4.78, 5) is 34.7. The van der Waals surface area contributed by atoms with E-state index in [9.17, 15) is 18.0 Å². The largest absolute Gasteiger partial charge is 0.495 e. The average Bonchev–Trinajstić information content (AvgIpc) is 3.22. The Kier molecular flexibility index (Phi) is 8.13. The molecule has 0 spiro atoms. The zero-order chi connectivity index (χ0) is 24.9. The molecular weight excluding hydrogens is 457 g/mol. The average molecular weight is 484 g/mol. The lowest BCUT2D eigenvalue weighted by molar-refractivity contribution is -0.192. The number of methoxy groups -OCH3 is 1. The van der Waals surface area contributed by atoms with Crippen molar-refractivity contribution in [2.45, 2.75) is 45.5 Å². The Bertz CT molecular complexity index is 993. The Labute approximate surface area is 194 Å². The number of hydrogen-bond donors (Lipinski definition) is 1. The van der Waals surface area contributed by atoms with Gasteiger partial charge in [-0.1, -0.05) is 6.92 Å². The van der Waals surface area contributed by atoms with Gasteiger partial charge in [-0.25, -0.2) is 9.78 Å². The normalized spacial score (nSPS) is 18.5. The molecule has 2 aromatic heterocycles. The number of likely N-dealkylation sites (tertiary alicyclic amines) is 1. The highest BCUT2D eigenvalue weighted by atomic mass is 19.4. The van der Waals surface area contributed by atoms with Crippen LogP contribution >= 0.6 is 0 Å². The highest BCUT2D eigenvalue weighted by Gasteiger charge is 2.38. The Hall–Kier alpha value is -3.15. The van der Waals surface area contributed by atoms with E-state index in [0.717, 1.165) is 61.9 Å². The van der Waals surface area contributed by atoms with Gasteiger partial charge in [0.15, 0.2) is 0 Å². The molecular formula is C22H27F3N4O5. The molecule has 1 N–H and O–H groups in total. The van der Waals surface area contributed by atoms with Gasteiger partial charge in [-0.05, 0) is 30.9 Å². The summed E-state index contributed by atoms with van der Waals surface area (Å²) >= 11 is 0. The molecule has 4 heterocycles. The number of aliphatic carboxylic acids is 1. The van der Waals surface area contributed by atoms with Crippen molar-refractivity contribution in [3.63, 3.8) is 0 Å². The van der Waals surface area contributed by atoms with Crippen molar-refractivity contribution in [3.05, 3.63) is 41.4 Å². The smallest absolute Gasteiger partial charge is 0.490 e. The van der Waals surface area contributed by atoms with E-state index in [-0.39, 0.29) is 11.8 Å². The Balaban J connectivity index is 0.000000406. The fraction of sp³-hybridized carbons (Fsp3) is 0.545. The van der Waals surface area contributed by atoms with Crippen molar-refractivity contribution < 1.29 is 37.0 Å². The number of carboxylic acid groups (broad SMARTS) is 1. The fourth-order valence-corrected chi connectivity index (χ4v) is 3.84. The minimum atomic E-state index is -5.08. The van der Waals surface area contributed by atoms with Gasteiger partial charge in [0.1, 0.15) is 11.5 Å². The van der Waals surface area contributed by atoms with Crippen LogP contribution < -0.4 is 4.74 Å². The van der Waals surface area contributed by atoms with Gasteiger partial charge in [0, 0.05) is 39.1 Å². The first-order chi connectivity index (χ1) is 16.1. The van der Waals surface area contributed by atoms with Crippen LogP contribution in [0.15, 0.2) is 22.7 Å². The Morgan fingerprint density at radius 1 is 1.29 bits per heavy atom. The van der Waals surface area contributed by atoms with Gasteiger partial charge in [0.25, 0.3) is 5.89 Å². The molecule has 0 aliphatic carbocycles. The van der Waals surface area contributed by atoms with Crippen LogP contribution in [0.1, 0.15) is 47.6 Å². The molecule has 1 unspecified atom stereocenters. The number of halogens is 3. The zero-order valence-electron chi connectivity index (χ0n) is 19.0. The predicted octanol–water partition coefficient (Wildman–Crippen LogP) is 3.14. The van der Waals surface area contributed by atoms with Crippen LogP contribution in [-0.4, -0.2) is 69.7 Å². The maximum Gasteiger partial charge on any atom is 0.490 e. The summed E-state index contributed by atoms with van der Waals surface area (Å²) in [5, 5.41) is 7.12. The molecule has 2 aromatic rings. The lowest BCUT2D eigenvalue weighted by Crippen LogP contribution is -2.39. The standard InChI is InChI=1S/C20H26N4O3.C2HF3O2/c1-14-4-3-8-24(11-14)20(25)19-22-17-13-23(9-7-18(17)27-19)12-15-5-6-16(26-2)10-21-15;3-2(4,5)1(6)7/h5-6,10,14H,3-4,7-9,11-13H2,1-2H3;(H,6,7). The second-order valence-electron chi connectivity index (χ2n) is 8.34. The summed E-state index contributed by atoms with van der Waals surface area (Å²) in [5.74, 6) is -0.432. The summed E-state index contributed by atoms with van der Waals surface area (Å²) in [5.41, 5.74) is 1.87. The fourth-order valence-electron chi connectivity index (χ4n) is 3.84. The first-order valence-electron chi connectivity index (χ1n) is 10.9. The second kappa shape index (κ2) is 10.9. The number of amides is 1. The van der Waals surface area contributed by atoms with E-state index in [0.29, 0.717) is 12.5 Å². The van der Waals surface area contributed by atoms with E-state index in [2.05, 4.69) is 21.8 Å². The molecule has 0 radical (unpaired) electrons. The molecule has 2 aliphatic rings. The number of rotatable bonds is 4. The van der Waals surface area contributed by atoms with Crippen LogP contribution in [0.4, 0.5) is 13.2 Å². The third-order valence-corrected chi connectivity index (χ3v) is 5.60. The van der Waals surface area contributed by atoms with E-state index in [1.165, 1.54) is 6.42 Å². The summed E-state index contributed by atoms with van der Waals surface area (Å²) < 4.78 is 42.7. The number of oxazole rings is 1. The van der Waals surface area contributed by atoms with E-state index in [1.54, 1.807) is 13.3 Å². The number of carbonyl (C=O) groups excluding carboxylic acids is 1. The Morgan fingerprint density at radius 3 is 2.62 bits per heavy atom. The number of hydrogen-bond acceptors (Lipinski definition) is 7. The van der Waals surface area contributed by atoms with Crippen LogP contribution in [0.25, 0.3) is 0 Å². The van der Waals surface area contributed by atoms with Gasteiger partial charge in [0.05, 0.1) is 24.7 Å². The highest BCUT2D eigenvalue weighted by Crippen LogP contribution is 2.24. The molecule has 9 nitrogen and oxygen atoms in total. The minimum absolute atomic E-state index is 0.0701. The van der Waals surface area contributed by atoms with Crippen LogP contribution in [-0.2, 0) is 24.3 Å². The van der Waals surface area contributed by atoms with Gasteiger partial charge < -0.3 is 19.2 Å². The van der Waals surface area contributed by atoms with Crippen molar-refractivity contribution in [2.24, 2.45) is 5.92 Å². The van der Waals surface area contributed by atoms with E-state index in [4.69, 9.17) is 19.1 Å². The number of ether oxygens (including phenoxy) is 1. The number of alkyl halides is 3. The molecule has 1 atom stereocenters. The van der Waals surface area contributed by atoms with Gasteiger partial charge in [-0.15, -0.1) is 0 Å². The molecule has 186 valence electrons. The molecule has 2 aliphatic heterocycles. The topological polar surface area (TPSA) is 109 Å². The van der Waals surface area contributed by atoms with E-state index < -0.39 is 12.1 Å². The molecule has 12 heteroatoms. The maximum absolute atomic E-state index is 12.7. The summed E-state index contributed by atoms with van der Waals surface area (Å²) in [7, 11) is 1.64. The lowest BCUT2D eigenvalue weighted by Gasteiger charge is -2.29. The van der Waals surface area contributed by atoms with Crippen LogP contribution in [0.2, 0.25) is 0 Å². The summed E-state index contributed by atoms with van der Waals surface area (Å²) in [6.45, 7) is 6.06.